The fraction of sp³-hybridized carbons (Fsp3) is 0.200. The van der Waals surface area contributed by atoms with Gasteiger partial charge in [-0.05, 0) is 30.7 Å². The van der Waals surface area contributed by atoms with Crippen molar-refractivity contribution < 1.29 is 9.13 Å². The first kappa shape index (κ1) is 12.4. The summed E-state index contributed by atoms with van der Waals surface area (Å²) in [7, 11) is 1.63. The van der Waals surface area contributed by atoms with E-state index in [2.05, 4.69) is 5.32 Å². The third-order valence-corrected chi connectivity index (χ3v) is 2.79. The van der Waals surface area contributed by atoms with Crippen molar-refractivity contribution in [3.8, 4) is 5.75 Å². The highest BCUT2D eigenvalue weighted by Gasteiger charge is 2.04. The number of halogens is 1. The monoisotopic (exact) mass is 245 g/mol. The SMILES string of the molecule is COc1ccccc1CNc1ccc(C)cc1F. The van der Waals surface area contributed by atoms with Crippen molar-refractivity contribution in [1.29, 1.82) is 0 Å². The summed E-state index contributed by atoms with van der Waals surface area (Å²) in [5.41, 5.74) is 2.42. The molecule has 94 valence electrons. The van der Waals surface area contributed by atoms with Gasteiger partial charge in [-0.25, -0.2) is 4.39 Å². The molecule has 0 saturated carbocycles. The van der Waals surface area contributed by atoms with Gasteiger partial charge in [0.1, 0.15) is 11.6 Å². The molecule has 0 aromatic heterocycles. The lowest BCUT2D eigenvalue weighted by molar-refractivity contribution is 0.410. The Bertz CT molecular complexity index is 540. The van der Waals surface area contributed by atoms with Gasteiger partial charge in [-0.15, -0.1) is 0 Å². The van der Waals surface area contributed by atoms with Crippen LogP contribution in [0.1, 0.15) is 11.1 Å². The number of ether oxygens (including phenoxy) is 1. The van der Waals surface area contributed by atoms with E-state index in [0.717, 1.165) is 16.9 Å². The fourth-order valence-corrected chi connectivity index (χ4v) is 1.80. The molecule has 0 atom stereocenters. The number of aryl methyl sites for hydroxylation is 1. The van der Waals surface area contributed by atoms with E-state index in [-0.39, 0.29) is 5.82 Å². The molecule has 0 radical (unpaired) electrons. The van der Waals surface area contributed by atoms with Crippen LogP contribution in [-0.2, 0) is 6.54 Å². The van der Waals surface area contributed by atoms with Crippen LogP contribution < -0.4 is 10.1 Å². The van der Waals surface area contributed by atoms with E-state index in [4.69, 9.17) is 4.74 Å². The molecular weight excluding hydrogens is 229 g/mol. The first-order valence-electron chi connectivity index (χ1n) is 5.82. The molecule has 18 heavy (non-hydrogen) atoms. The summed E-state index contributed by atoms with van der Waals surface area (Å²) in [6.07, 6.45) is 0. The first-order chi connectivity index (χ1) is 8.70. The third kappa shape index (κ3) is 2.80. The summed E-state index contributed by atoms with van der Waals surface area (Å²) < 4.78 is 18.9. The Morgan fingerprint density at radius 3 is 2.67 bits per heavy atom. The average molecular weight is 245 g/mol. The van der Waals surface area contributed by atoms with Crippen LogP contribution in [0.4, 0.5) is 10.1 Å². The summed E-state index contributed by atoms with van der Waals surface area (Å²) in [5.74, 6) is 0.572. The molecule has 0 fully saturated rings. The van der Waals surface area contributed by atoms with Crippen LogP contribution in [0, 0.1) is 12.7 Å². The predicted octanol–water partition coefficient (Wildman–Crippen LogP) is 3.75. The third-order valence-electron chi connectivity index (χ3n) is 2.79. The highest BCUT2D eigenvalue weighted by Crippen LogP contribution is 2.20. The maximum atomic E-state index is 13.6. The minimum Gasteiger partial charge on any atom is -0.496 e. The van der Waals surface area contributed by atoms with Crippen molar-refractivity contribution in [2.24, 2.45) is 0 Å². The molecule has 0 aliphatic rings. The van der Waals surface area contributed by atoms with Gasteiger partial charge in [-0.2, -0.15) is 0 Å². The summed E-state index contributed by atoms with van der Waals surface area (Å²) >= 11 is 0. The number of hydrogen-bond donors (Lipinski definition) is 1. The van der Waals surface area contributed by atoms with E-state index in [9.17, 15) is 4.39 Å². The number of nitrogens with one attached hydrogen (secondary N) is 1. The molecule has 2 aromatic carbocycles. The maximum Gasteiger partial charge on any atom is 0.146 e. The number of methoxy groups -OCH3 is 1. The maximum absolute atomic E-state index is 13.6. The zero-order valence-corrected chi connectivity index (χ0v) is 10.5. The molecule has 2 nitrogen and oxygen atoms in total. The molecule has 2 aromatic rings. The van der Waals surface area contributed by atoms with Crippen molar-refractivity contribution in [2.75, 3.05) is 12.4 Å². The minimum absolute atomic E-state index is 0.232. The van der Waals surface area contributed by atoms with Crippen LogP contribution in [0.3, 0.4) is 0 Å². The fourth-order valence-electron chi connectivity index (χ4n) is 1.80. The molecule has 0 heterocycles. The molecule has 0 bridgehead atoms. The molecule has 2 rings (SSSR count). The zero-order valence-electron chi connectivity index (χ0n) is 10.5. The van der Waals surface area contributed by atoms with Crippen LogP contribution in [0.2, 0.25) is 0 Å². The average Bonchev–Trinajstić information content (AvgIpc) is 2.38. The Morgan fingerprint density at radius 2 is 1.94 bits per heavy atom. The molecular formula is C15H16FNO. The smallest absolute Gasteiger partial charge is 0.146 e. The topological polar surface area (TPSA) is 21.3 Å². The van der Waals surface area contributed by atoms with E-state index in [1.54, 1.807) is 13.2 Å². The second kappa shape index (κ2) is 5.54. The zero-order chi connectivity index (χ0) is 13.0. The Morgan fingerprint density at radius 1 is 1.17 bits per heavy atom. The Labute approximate surface area is 106 Å². The van der Waals surface area contributed by atoms with Gasteiger partial charge in [0.2, 0.25) is 0 Å². The quantitative estimate of drug-likeness (QED) is 0.885. The van der Waals surface area contributed by atoms with Crippen LogP contribution in [-0.4, -0.2) is 7.11 Å². The number of rotatable bonds is 4. The second-order valence-electron chi connectivity index (χ2n) is 4.15. The largest absolute Gasteiger partial charge is 0.496 e. The lowest BCUT2D eigenvalue weighted by atomic mass is 10.2. The van der Waals surface area contributed by atoms with Crippen molar-refractivity contribution in [3.63, 3.8) is 0 Å². The number of para-hydroxylation sites is 1. The van der Waals surface area contributed by atoms with Crippen molar-refractivity contribution >= 4 is 5.69 Å². The molecule has 0 spiro atoms. The Balaban J connectivity index is 2.11. The minimum atomic E-state index is -0.232. The second-order valence-corrected chi connectivity index (χ2v) is 4.15. The molecule has 0 amide bonds. The van der Waals surface area contributed by atoms with E-state index < -0.39 is 0 Å². The van der Waals surface area contributed by atoms with Crippen LogP contribution in [0.15, 0.2) is 42.5 Å². The van der Waals surface area contributed by atoms with Gasteiger partial charge in [-0.3, -0.25) is 0 Å². The van der Waals surface area contributed by atoms with E-state index in [0.29, 0.717) is 12.2 Å². The van der Waals surface area contributed by atoms with Crippen LogP contribution in [0.25, 0.3) is 0 Å². The van der Waals surface area contributed by atoms with Gasteiger partial charge >= 0.3 is 0 Å². The molecule has 0 unspecified atom stereocenters. The lowest BCUT2D eigenvalue weighted by Crippen LogP contribution is -2.03. The van der Waals surface area contributed by atoms with Crippen molar-refractivity contribution in [2.45, 2.75) is 13.5 Å². The van der Waals surface area contributed by atoms with E-state index in [1.165, 1.54) is 6.07 Å². The molecule has 1 N–H and O–H groups in total. The highest BCUT2D eigenvalue weighted by atomic mass is 19.1. The van der Waals surface area contributed by atoms with Crippen molar-refractivity contribution in [1.82, 2.24) is 0 Å². The normalized spacial score (nSPS) is 10.2. The molecule has 0 aliphatic heterocycles. The lowest BCUT2D eigenvalue weighted by Gasteiger charge is -2.11. The summed E-state index contributed by atoms with van der Waals surface area (Å²) in [6.45, 7) is 2.40. The Kier molecular flexibility index (Phi) is 3.82. The van der Waals surface area contributed by atoms with Gasteiger partial charge in [0.25, 0.3) is 0 Å². The van der Waals surface area contributed by atoms with Gasteiger partial charge in [0.15, 0.2) is 0 Å². The van der Waals surface area contributed by atoms with Gasteiger partial charge in [-0.1, -0.05) is 24.3 Å². The standard InChI is InChI=1S/C15H16FNO/c1-11-7-8-14(13(16)9-11)17-10-12-5-3-4-6-15(12)18-2/h3-9,17H,10H2,1-2H3. The Hall–Kier alpha value is -2.03. The highest BCUT2D eigenvalue weighted by molar-refractivity contribution is 5.47. The van der Waals surface area contributed by atoms with Crippen LogP contribution in [0.5, 0.6) is 5.75 Å². The summed E-state index contributed by atoms with van der Waals surface area (Å²) in [6, 6.07) is 12.8. The summed E-state index contributed by atoms with van der Waals surface area (Å²) in [4.78, 5) is 0. The van der Waals surface area contributed by atoms with Gasteiger partial charge in [0.05, 0.1) is 12.8 Å². The molecule has 0 saturated heterocycles. The van der Waals surface area contributed by atoms with E-state index in [1.807, 2.05) is 37.3 Å². The van der Waals surface area contributed by atoms with Gasteiger partial charge in [0, 0.05) is 12.1 Å². The molecule has 0 aliphatic carbocycles. The first-order valence-corrected chi connectivity index (χ1v) is 5.82. The predicted molar refractivity (Wildman–Crippen MR) is 71.5 cm³/mol. The number of hydrogen-bond acceptors (Lipinski definition) is 2. The molecule has 3 heteroatoms. The van der Waals surface area contributed by atoms with Crippen LogP contribution >= 0.6 is 0 Å². The van der Waals surface area contributed by atoms with Gasteiger partial charge < -0.3 is 10.1 Å². The van der Waals surface area contributed by atoms with E-state index >= 15 is 0 Å². The summed E-state index contributed by atoms with van der Waals surface area (Å²) in [5, 5.41) is 3.08. The van der Waals surface area contributed by atoms with Crippen molar-refractivity contribution in [3.05, 3.63) is 59.4 Å². The number of benzene rings is 2. The number of anilines is 1.